The van der Waals surface area contributed by atoms with Gasteiger partial charge < -0.3 is 18.9 Å². The van der Waals surface area contributed by atoms with Crippen LogP contribution in [0.5, 0.6) is 5.75 Å². The summed E-state index contributed by atoms with van der Waals surface area (Å²) in [5.41, 5.74) is 1.85. The second-order valence-corrected chi connectivity index (χ2v) is 5.74. The zero-order valence-electron chi connectivity index (χ0n) is 15.7. The van der Waals surface area contributed by atoms with Crippen molar-refractivity contribution in [1.29, 1.82) is 0 Å². The van der Waals surface area contributed by atoms with Gasteiger partial charge in [0.25, 0.3) is 0 Å². The average molecular weight is 369 g/mol. The van der Waals surface area contributed by atoms with Crippen molar-refractivity contribution in [3.63, 3.8) is 0 Å². The van der Waals surface area contributed by atoms with Gasteiger partial charge in [-0.15, -0.1) is 0 Å². The van der Waals surface area contributed by atoms with E-state index in [4.69, 9.17) is 18.9 Å². The summed E-state index contributed by atoms with van der Waals surface area (Å²) in [6.45, 7) is 2.95. The number of carbonyl (C=O) groups is 1. The molecule has 0 aliphatic heterocycles. The van der Waals surface area contributed by atoms with E-state index in [0.29, 0.717) is 30.1 Å². The van der Waals surface area contributed by atoms with Crippen LogP contribution in [-0.4, -0.2) is 44.5 Å². The van der Waals surface area contributed by atoms with E-state index in [1.807, 2.05) is 25.1 Å². The number of rotatable bonds is 8. The Balaban J connectivity index is 2.04. The van der Waals surface area contributed by atoms with Crippen molar-refractivity contribution >= 4 is 5.97 Å². The zero-order chi connectivity index (χ0) is 19.5. The molecule has 0 saturated heterocycles. The van der Waals surface area contributed by atoms with Crippen LogP contribution >= 0.6 is 0 Å². The summed E-state index contributed by atoms with van der Waals surface area (Å²) >= 11 is 0. The molecule has 0 saturated carbocycles. The van der Waals surface area contributed by atoms with Crippen molar-refractivity contribution in [2.24, 2.45) is 0 Å². The van der Waals surface area contributed by atoms with E-state index >= 15 is 0 Å². The molecule has 6 nitrogen and oxygen atoms in total. The van der Waals surface area contributed by atoms with Gasteiger partial charge in [0.05, 0.1) is 31.6 Å². The van der Waals surface area contributed by atoms with Gasteiger partial charge in [-0.3, -0.25) is 4.98 Å². The average Bonchev–Trinajstić information content (AvgIpc) is 2.68. The molecule has 0 spiro atoms. The quantitative estimate of drug-likeness (QED) is 0.405. The third-order valence-electron chi connectivity index (χ3n) is 3.45. The second-order valence-electron chi connectivity index (χ2n) is 5.74. The van der Waals surface area contributed by atoms with Gasteiger partial charge >= 0.3 is 5.97 Å². The van der Waals surface area contributed by atoms with Crippen LogP contribution < -0.4 is 4.74 Å². The number of esters is 1. The van der Waals surface area contributed by atoms with E-state index in [9.17, 15) is 4.79 Å². The minimum atomic E-state index is -0.450. The van der Waals surface area contributed by atoms with Gasteiger partial charge in [-0.25, -0.2) is 4.79 Å². The van der Waals surface area contributed by atoms with Crippen LogP contribution in [0.2, 0.25) is 0 Å². The molecule has 2 aromatic rings. The van der Waals surface area contributed by atoms with Crippen LogP contribution in [-0.2, 0) is 20.8 Å². The number of hydrogen-bond donors (Lipinski definition) is 0. The van der Waals surface area contributed by atoms with Crippen LogP contribution in [0.1, 0.15) is 28.5 Å². The molecule has 0 fully saturated rings. The Hall–Kier alpha value is -2.88. The van der Waals surface area contributed by atoms with Gasteiger partial charge in [-0.05, 0) is 37.3 Å². The summed E-state index contributed by atoms with van der Waals surface area (Å²) in [5.74, 6) is 5.99. The van der Waals surface area contributed by atoms with E-state index in [2.05, 4.69) is 16.8 Å². The summed E-state index contributed by atoms with van der Waals surface area (Å²) in [7, 11) is 2.94. The Morgan fingerprint density at radius 2 is 2.07 bits per heavy atom. The fourth-order valence-corrected chi connectivity index (χ4v) is 2.30. The fourth-order valence-electron chi connectivity index (χ4n) is 2.30. The monoisotopic (exact) mass is 369 g/mol. The molecule has 6 heteroatoms. The number of methoxy groups -OCH3 is 2. The molecule has 2 rings (SSSR count). The number of nitrogens with zero attached hydrogens (tertiary/aromatic N) is 1. The van der Waals surface area contributed by atoms with Gasteiger partial charge in [0, 0.05) is 18.9 Å². The molecule has 0 aliphatic carbocycles. The first kappa shape index (κ1) is 20.4. The Kier molecular flexibility index (Phi) is 8.30. The Morgan fingerprint density at radius 3 is 2.78 bits per heavy atom. The van der Waals surface area contributed by atoms with E-state index in [1.165, 1.54) is 7.11 Å². The predicted molar refractivity (Wildman–Crippen MR) is 101 cm³/mol. The van der Waals surface area contributed by atoms with E-state index in [-0.39, 0.29) is 12.7 Å². The van der Waals surface area contributed by atoms with Gasteiger partial charge in [-0.1, -0.05) is 17.9 Å². The SMILES string of the molecule is COC[C@H](C)Oc1cc(C#CCOCc2ccccn2)cc(C(=O)OC)c1. The highest BCUT2D eigenvalue weighted by Crippen LogP contribution is 2.19. The van der Waals surface area contributed by atoms with Crippen molar-refractivity contribution in [3.8, 4) is 17.6 Å². The molecule has 27 heavy (non-hydrogen) atoms. The van der Waals surface area contributed by atoms with Crippen LogP contribution in [0.25, 0.3) is 0 Å². The minimum Gasteiger partial charge on any atom is -0.488 e. The molecule has 142 valence electrons. The number of hydrogen-bond acceptors (Lipinski definition) is 6. The molecule has 1 atom stereocenters. The lowest BCUT2D eigenvalue weighted by molar-refractivity contribution is 0.0598. The third kappa shape index (κ3) is 7.10. The molecule has 0 N–H and O–H groups in total. The van der Waals surface area contributed by atoms with Crippen molar-refractivity contribution in [1.82, 2.24) is 4.98 Å². The summed E-state index contributed by atoms with van der Waals surface area (Å²) in [6.07, 6.45) is 1.56. The van der Waals surface area contributed by atoms with Crippen LogP contribution in [0.3, 0.4) is 0 Å². The molecule has 1 aromatic carbocycles. The van der Waals surface area contributed by atoms with Crippen molar-refractivity contribution in [2.75, 3.05) is 27.4 Å². The number of carbonyl (C=O) groups excluding carboxylic acids is 1. The number of pyridine rings is 1. The molecule has 1 aromatic heterocycles. The lowest BCUT2D eigenvalue weighted by Gasteiger charge is -2.14. The summed E-state index contributed by atoms with van der Waals surface area (Å²) in [5, 5.41) is 0. The molecule has 0 amide bonds. The maximum atomic E-state index is 11.9. The molecular weight excluding hydrogens is 346 g/mol. The highest BCUT2D eigenvalue weighted by molar-refractivity contribution is 5.90. The first-order chi connectivity index (χ1) is 13.1. The first-order valence-corrected chi connectivity index (χ1v) is 8.48. The van der Waals surface area contributed by atoms with E-state index in [1.54, 1.807) is 31.5 Å². The molecule has 1 heterocycles. The number of benzene rings is 1. The van der Waals surface area contributed by atoms with Gasteiger partial charge in [0.2, 0.25) is 0 Å². The summed E-state index contributed by atoms with van der Waals surface area (Å²) < 4.78 is 21.1. The lowest BCUT2D eigenvalue weighted by Crippen LogP contribution is -2.18. The lowest BCUT2D eigenvalue weighted by atomic mass is 10.1. The topological polar surface area (TPSA) is 66.9 Å². The molecule has 0 bridgehead atoms. The number of aromatic nitrogens is 1. The largest absolute Gasteiger partial charge is 0.488 e. The summed E-state index contributed by atoms with van der Waals surface area (Å²) in [6, 6.07) is 10.7. The first-order valence-electron chi connectivity index (χ1n) is 8.48. The maximum Gasteiger partial charge on any atom is 0.338 e. The fraction of sp³-hybridized carbons (Fsp3) is 0.333. The molecular formula is C21H23NO5. The normalized spacial score (nSPS) is 11.2. The molecule has 0 aliphatic rings. The predicted octanol–water partition coefficient (Wildman–Crippen LogP) is 2.85. The third-order valence-corrected chi connectivity index (χ3v) is 3.45. The Labute approximate surface area is 159 Å². The van der Waals surface area contributed by atoms with Gasteiger partial charge in [0.1, 0.15) is 18.5 Å². The highest BCUT2D eigenvalue weighted by Gasteiger charge is 2.11. The van der Waals surface area contributed by atoms with Crippen LogP contribution in [0.15, 0.2) is 42.6 Å². The van der Waals surface area contributed by atoms with Gasteiger partial charge in [0.15, 0.2) is 0 Å². The van der Waals surface area contributed by atoms with Gasteiger partial charge in [-0.2, -0.15) is 0 Å². The summed E-state index contributed by atoms with van der Waals surface area (Å²) in [4.78, 5) is 16.1. The standard InChI is InChI=1S/C21H23NO5/c1-16(14-24-2)27-20-12-17(11-18(13-20)21(23)25-3)7-6-10-26-15-19-8-4-5-9-22-19/h4-5,8-9,11-13,16H,10,14-15H2,1-3H3/t16-/m0/s1. The number of ether oxygens (including phenoxy) is 4. The second kappa shape index (κ2) is 11.0. The van der Waals surface area contributed by atoms with E-state index in [0.717, 1.165) is 5.69 Å². The Bertz CT molecular complexity index is 795. The zero-order valence-corrected chi connectivity index (χ0v) is 15.7. The minimum absolute atomic E-state index is 0.162. The smallest absolute Gasteiger partial charge is 0.338 e. The van der Waals surface area contributed by atoms with Crippen molar-refractivity contribution in [2.45, 2.75) is 19.6 Å². The molecule has 0 radical (unpaired) electrons. The van der Waals surface area contributed by atoms with E-state index < -0.39 is 5.97 Å². The Morgan fingerprint density at radius 1 is 1.22 bits per heavy atom. The van der Waals surface area contributed by atoms with Crippen LogP contribution in [0, 0.1) is 11.8 Å². The van der Waals surface area contributed by atoms with Crippen molar-refractivity contribution < 1.29 is 23.7 Å². The maximum absolute atomic E-state index is 11.9. The highest BCUT2D eigenvalue weighted by atomic mass is 16.5. The van der Waals surface area contributed by atoms with Crippen LogP contribution in [0.4, 0.5) is 0 Å². The van der Waals surface area contributed by atoms with Crippen molar-refractivity contribution in [3.05, 3.63) is 59.4 Å². The molecule has 0 unspecified atom stereocenters.